The molecule has 0 saturated carbocycles. The fourth-order valence-corrected chi connectivity index (χ4v) is 2.11. The number of hydrogen-bond donors (Lipinski definition) is 0. The fourth-order valence-electron chi connectivity index (χ4n) is 2.11. The standard InChI is InChI=1S/C17H10F3NO3/c18-17(19,20)13-9-5-4-8-12(13)14-10-15(21-24-14)23-16(22)11-6-2-1-3-7-11/h1-10H. The highest BCUT2D eigenvalue weighted by atomic mass is 19.4. The van der Waals surface area contributed by atoms with E-state index < -0.39 is 17.7 Å². The van der Waals surface area contributed by atoms with Crippen molar-refractivity contribution in [1.29, 1.82) is 0 Å². The number of alkyl halides is 3. The highest BCUT2D eigenvalue weighted by Crippen LogP contribution is 2.37. The Morgan fingerprint density at radius 2 is 1.67 bits per heavy atom. The van der Waals surface area contributed by atoms with Crippen LogP contribution in [0.15, 0.2) is 65.2 Å². The summed E-state index contributed by atoms with van der Waals surface area (Å²) in [6, 6.07) is 14.2. The zero-order valence-corrected chi connectivity index (χ0v) is 12.1. The predicted molar refractivity (Wildman–Crippen MR) is 78.3 cm³/mol. The third-order valence-electron chi connectivity index (χ3n) is 3.19. The second kappa shape index (κ2) is 6.19. The van der Waals surface area contributed by atoms with Gasteiger partial charge in [-0.1, -0.05) is 36.4 Å². The van der Waals surface area contributed by atoms with Gasteiger partial charge in [0.15, 0.2) is 5.76 Å². The average molecular weight is 333 g/mol. The normalized spacial score (nSPS) is 11.3. The van der Waals surface area contributed by atoms with Gasteiger partial charge < -0.3 is 9.26 Å². The van der Waals surface area contributed by atoms with E-state index in [1.807, 2.05) is 0 Å². The Bertz CT molecular complexity index is 857. The number of esters is 1. The molecule has 2 aromatic carbocycles. The first-order valence-electron chi connectivity index (χ1n) is 6.86. The average Bonchev–Trinajstić information content (AvgIpc) is 3.03. The Morgan fingerprint density at radius 1 is 1.00 bits per heavy atom. The monoisotopic (exact) mass is 333 g/mol. The summed E-state index contributed by atoms with van der Waals surface area (Å²) >= 11 is 0. The molecule has 0 bridgehead atoms. The van der Waals surface area contributed by atoms with Gasteiger partial charge in [-0.25, -0.2) is 4.79 Å². The van der Waals surface area contributed by atoms with Gasteiger partial charge in [-0.3, -0.25) is 0 Å². The molecule has 122 valence electrons. The summed E-state index contributed by atoms with van der Waals surface area (Å²) in [4.78, 5) is 11.9. The van der Waals surface area contributed by atoms with Gasteiger partial charge in [-0.05, 0) is 23.4 Å². The maximum absolute atomic E-state index is 13.0. The highest BCUT2D eigenvalue weighted by Gasteiger charge is 2.34. The molecular weight excluding hydrogens is 323 g/mol. The minimum atomic E-state index is -4.54. The first-order chi connectivity index (χ1) is 11.4. The van der Waals surface area contributed by atoms with Gasteiger partial charge in [0.2, 0.25) is 0 Å². The second-order valence-corrected chi connectivity index (χ2v) is 4.83. The summed E-state index contributed by atoms with van der Waals surface area (Å²) in [5, 5.41) is 3.50. The lowest BCUT2D eigenvalue weighted by Crippen LogP contribution is -2.08. The van der Waals surface area contributed by atoms with Crippen molar-refractivity contribution in [3.63, 3.8) is 0 Å². The molecule has 7 heteroatoms. The van der Waals surface area contributed by atoms with Crippen LogP contribution in [0, 0.1) is 0 Å². The Balaban J connectivity index is 1.86. The number of carbonyl (C=O) groups is 1. The van der Waals surface area contributed by atoms with Crippen LogP contribution in [0.3, 0.4) is 0 Å². The molecule has 0 aliphatic carbocycles. The molecule has 0 saturated heterocycles. The van der Waals surface area contributed by atoms with Crippen LogP contribution in [0.25, 0.3) is 11.3 Å². The molecule has 0 amide bonds. The maximum atomic E-state index is 13.0. The Morgan fingerprint density at radius 3 is 2.38 bits per heavy atom. The SMILES string of the molecule is O=C(Oc1cc(-c2ccccc2C(F)(F)F)on1)c1ccccc1. The lowest BCUT2D eigenvalue weighted by molar-refractivity contribution is -0.137. The van der Waals surface area contributed by atoms with Crippen molar-refractivity contribution in [2.45, 2.75) is 6.18 Å². The van der Waals surface area contributed by atoms with Crippen LogP contribution in [0.1, 0.15) is 15.9 Å². The minimum absolute atomic E-state index is 0.140. The summed E-state index contributed by atoms with van der Waals surface area (Å²) in [6.45, 7) is 0. The van der Waals surface area contributed by atoms with Crippen molar-refractivity contribution < 1.29 is 27.2 Å². The first-order valence-corrected chi connectivity index (χ1v) is 6.86. The van der Waals surface area contributed by atoms with Crippen LogP contribution in [-0.2, 0) is 6.18 Å². The van der Waals surface area contributed by atoms with Crippen molar-refractivity contribution in [2.24, 2.45) is 0 Å². The van der Waals surface area contributed by atoms with Gasteiger partial charge in [0, 0.05) is 5.56 Å². The molecule has 24 heavy (non-hydrogen) atoms. The smallest absolute Gasteiger partial charge is 0.400 e. The van der Waals surface area contributed by atoms with Crippen molar-refractivity contribution >= 4 is 5.97 Å². The fraction of sp³-hybridized carbons (Fsp3) is 0.0588. The molecule has 3 rings (SSSR count). The zero-order chi connectivity index (χ0) is 17.2. The summed E-state index contributed by atoms with van der Waals surface area (Å²) < 4.78 is 49.0. The van der Waals surface area contributed by atoms with Gasteiger partial charge in [0.05, 0.1) is 17.2 Å². The largest absolute Gasteiger partial charge is 0.417 e. The van der Waals surface area contributed by atoms with Crippen LogP contribution in [-0.4, -0.2) is 11.1 Å². The summed E-state index contributed by atoms with van der Waals surface area (Å²) in [5.74, 6) is -1.03. The van der Waals surface area contributed by atoms with Gasteiger partial charge in [0.25, 0.3) is 5.88 Å². The van der Waals surface area contributed by atoms with Crippen LogP contribution < -0.4 is 4.74 Å². The van der Waals surface area contributed by atoms with Crippen LogP contribution >= 0.6 is 0 Å². The molecule has 0 atom stereocenters. The number of hydrogen-bond acceptors (Lipinski definition) is 4. The molecular formula is C17H10F3NO3. The van der Waals surface area contributed by atoms with E-state index in [4.69, 9.17) is 9.26 Å². The molecule has 0 aliphatic heterocycles. The zero-order valence-electron chi connectivity index (χ0n) is 12.1. The number of halogens is 3. The van der Waals surface area contributed by atoms with E-state index in [1.165, 1.54) is 18.2 Å². The summed E-state index contributed by atoms with van der Waals surface area (Å²) in [7, 11) is 0. The van der Waals surface area contributed by atoms with Gasteiger partial charge >= 0.3 is 12.1 Å². The predicted octanol–water partition coefficient (Wildman–Crippen LogP) is 4.58. The van der Waals surface area contributed by atoms with Crippen LogP contribution in [0.2, 0.25) is 0 Å². The minimum Gasteiger partial charge on any atom is -0.400 e. The van der Waals surface area contributed by atoms with Crippen molar-refractivity contribution in [3.8, 4) is 17.2 Å². The molecule has 0 unspecified atom stereocenters. The number of benzene rings is 2. The molecule has 1 aromatic heterocycles. The molecule has 0 N–H and O–H groups in total. The van der Waals surface area contributed by atoms with Crippen LogP contribution in [0.4, 0.5) is 13.2 Å². The topological polar surface area (TPSA) is 52.3 Å². The van der Waals surface area contributed by atoms with E-state index >= 15 is 0 Å². The molecule has 0 fully saturated rings. The third kappa shape index (κ3) is 3.29. The van der Waals surface area contributed by atoms with E-state index in [-0.39, 0.29) is 22.8 Å². The molecule has 0 spiro atoms. The van der Waals surface area contributed by atoms with Gasteiger partial charge in [-0.2, -0.15) is 13.2 Å². The molecule has 4 nitrogen and oxygen atoms in total. The Kier molecular flexibility index (Phi) is 4.07. The number of carbonyl (C=O) groups excluding carboxylic acids is 1. The molecule has 1 heterocycles. The van der Waals surface area contributed by atoms with E-state index in [2.05, 4.69) is 5.16 Å². The van der Waals surface area contributed by atoms with Crippen molar-refractivity contribution in [3.05, 3.63) is 71.8 Å². The number of ether oxygens (including phenoxy) is 1. The van der Waals surface area contributed by atoms with E-state index in [0.29, 0.717) is 0 Å². The van der Waals surface area contributed by atoms with E-state index in [9.17, 15) is 18.0 Å². The molecule has 0 radical (unpaired) electrons. The van der Waals surface area contributed by atoms with Crippen molar-refractivity contribution in [2.75, 3.05) is 0 Å². The number of rotatable bonds is 3. The summed E-state index contributed by atoms with van der Waals surface area (Å²) in [5.41, 5.74) is -0.751. The molecule has 0 aliphatic rings. The van der Waals surface area contributed by atoms with Crippen LogP contribution in [0.5, 0.6) is 5.88 Å². The lowest BCUT2D eigenvalue weighted by atomic mass is 10.1. The van der Waals surface area contributed by atoms with E-state index in [1.54, 1.807) is 30.3 Å². The van der Waals surface area contributed by atoms with Crippen molar-refractivity contribution in [1.82, 2.24) is 5.16 Å². The maximum Gasteiger partial charge on any atom is 0.417 e. The quantitative estimate of drug-likeness (QED) is 0.658. The Hall–Kier alpha value is -3.09. The van der Waals surface area contributed by atoms with E-state index in [0.717, 1.165) is 12.1 Å². The van der Waals surface area contributed by atoms with Gasteiger partial charge in [0.1, 0.15) is 0 Å². The van der Waals surface area contributed by atoms with Gasteiger partial charge in [-0.15, -0.1) is 0 Å². The third-order valence-corrected chi connectivity index (χ3v) is 3.19. The summed E-state index contributed by atoms with van der Waals surface area (Å²) in [6.07, 6.45) is -4.54. The number of nitrogens with zero attached hydrogens (tertiary/aromatic N) is 1. The highest BCUT2D eigenvalue weighted by molar-refractivity contribution is 5.90. The second-order valence-electron chi connectivity index (χ2n) is 4.83. The lowest BCUT2D eigenvalue weighted by Gasteiger charge is -2.09. The number of aromatic nitrogens is 1. The Labute approximate surface area is 134 Å². The molecule has 3 aromatic rings. The first kappa shape index (κ1) is 15.8.